The molecule has 0 amide bonds. The van der Waals surface area contributed by atoms with Crippen LogP contribution in [0.3, 0.4) is 0 Å². The van der Waals surface area contributed by atoms with Gasteiger partial charge in [-0.15, -0.1) is 0 Å². The molecule has 4 nitrogen and oxygen atoms in total. The third-order valence-corrected chi connectivity index (χ3v) is 4.11. The molecular weight excluding hydrogens is 278 g/mol. The van der Waals surface area contributed by atoms with Crippen LogP contribution in [0.25, 0.3) is 11.1 Å². The number of nitrogens with one attached hydrogen (secondary N) is 1. The number of carbonyl (C=O) groups excluding carboxylic acids is 1. The molecule has 0 saturated carbocycles. The van der Waals surface area contributed by atoms with Gasteiger partial charge in [-0.3, -0.25) is 4.79 Å². The highest BCUT2D eigenvalue weighted by atomic mass is 16.5. The van der Waals surface area contributed by atoms with Gasteiger partial charge in [0.25, 0.3) is 0 Å². The number of phenols is 1. The van der Waals surface area contributed by atoms with Gasteiger partial charge in [-0.2, -0.15) is 0 Å². The van der Waals surface area contributed by atoms with E-state index in [0.29, 0.717) is 11.3 Å². The molecule has 1 fully saturated rings. The van der Waals surface area contributed by atoms with Gasteiger partial charge in [0.15, 0.2) is 17.3 Å². The fourth-order valence-electron chi connectivity index (χ4n) is 2.91. The lowest BCUT2D eigenvalue weighted by Crippen LogP contribution is -2.18. The topological polar surface area (TPSA) is 58.6 Å². The van der Waals surface area contributed by atoms with Crippen LogP contribution in [0.2, 0.25) is 0 Å². The Morgan fingerprint density at radius 2 is 2.09 bits per heavy atom. The second-order valence-electron chi connectivity index (χ2n) is 5.49. The standard InChI is InChI=1S/C18H19NO3/c1-22-17-7-6-12(10-16(17)20)14-4-2-3-5-15(14)18(21)13-8-9-19-11-13/h2-7,10,13,19-20H,8-9,11H2,1H3. The molecule has 1 aliphatic rings. The molecule has 0 aliphatic carbocycles. The fraction of sp³-hybridized carbons (Fsp3) is 0.278. The quantitative estimate of drug-likeness (QED) is 0.852. The lowest BCUT2D eigenvalue weighted by atomic mass is 9.90. The number of ketones is 1. The van der Waals surface area contributed by atoms with Crippen LogP contribution in [0.1, 0.15) is 16.8 Å². The molecule has 2 aromatic carbocycles. The van der Waals surface area contributed by atoms with Crippen molar-refractivity contribution in [2.24, 2.45) is 5.92 Å². The highest BCUT2D eigenvalue weighted by Crippen LogP contribution is 2.33. The van der Waals surface area contributed by atoms with Crippen LogP contribution in [0.4, 0.5) is 0 Å². The zero-order chi connectivity index (χ0) is 15.5. The van der Waals surface area contributed by atoms with Crippen molar-refractivity contribution in [3.05, 3.63) is 48.0 Å². The van der Waals surface area contributed by atoms with Crippen LogP contribution in [0.15, 0.2) is 42.5 Å². The summed E-state index contributed by atoms with van der Waals surface area (Å²) in [5.74, 6) is 0.696. The van der Waals surface area contributed by atoms with Crippen LogP contribution < -0.4 is 10.1 Å². The number of methoxy groups -OCH3 is 1. The van der Waals surface area contributed by atoms with Crippen LogP contribution in [-0.2, 0) is 0 Å². The molecule has 1 saturated heterocycles. The Kier molecular flexibility index (Phi) is 4.11. The van der Waals surface area contributed by atoms with E-state index >= 15 is 0 Å². The third-order valence-electron chi connectivity index (χ3n) is 4.11. The van der Waals surface area contributed by atoms with Crippen molar-refractivity contribution in [3.8, 4) is 22.6 Å². The number of rotatable bonds is 4. The summed E-state index contributed by atoms with van der Waals surface area (Å²) in [7, 11) is 1.51. The number of ether oxygens (including phenoxy) is 1. The van der Waals surface area contributed by atoms with Crippen molar-refractivity contribution < 1.29 is 14.6 Å². The zero-order valence-corrected chi connectivity index (χ0v) is 12.5. The second kappa shape index (κ2) is 6.20. The first-order valence-corrected chi connectivity index (χ1v) is 7.42. The van der Waals surface area contributed by atoms with E-state index in [-0.39, 0.29) is 17.5 Å². The predicted molar refractivity (Wildman–Crippen MR) is 85.4 cm³/mol. The molecule has 1 atom stereocenters. The molecule has 22 heavy (non-hydrogen) atoms. The molecule has 3 rings (SSSR count). The molecule has 0 spiro atoms. The normalized spacial score (nSPS) is 17.4. The van der Waals surface area contributed by atoms with E-state index in [4.69, 9.17) is 4.74 Å². The van der Waals surface area contributed by atoms with Gasteiger partial charge in [-0.1, -0.05) is 30.3 Å². The first-order valence-electron chi connectivity index (χ1n) is 7.42. The minimum absolute atomic E-state index is 0.0352. The van der Waals surface area contributed by atoms with E-state index in [1.807, 2.05) is 30.3 Å². The van der Waals surface area contributed by atoms with E-state index < -0.39 is 0 Å². The SMILES string of the molecule is COc1ccc(-c2ccccc2C(=O)C2CCNC2)cc1O. The van der Waals surface area contributed by atoms with E-state index in [1.54, 1.807) is 12.1 Å². The molecule has 114 valence electrons. The Morgan fingerprint density at radius 1 is 1.27 bits per heavy atom. The summed E-state index contributed by atoms with van der Waals surface area (Å²) in [6.07, 6.45) is 0.876. The minimum atomic E-state index is 0.0352. The molecule has 1 unspecified atom stereocenters. The Bertz CT molecular complexity index is 690. The minimum Gasteiger partial charge on any atom is -0.504 e. The molecule has 0 aromatic heterocycles. The number of benzene rings is 2. The maximum Gasteiger partial charge on any atom is 0.167 e. The van der Waals surface area contributed by atoms with Crippen molar-refractivity contribution in [3.63, 3.8) is 0 Å². The van der Waals surface area contributed by atoms with Crippen molar-refractivity contribution in [2.45, 2.75) is 6.42 Å². The lowest BCUT2D eigenvalue weighted by Gasteiger charge is -2.13. The Labute approximate surface area is 129 Å². The fourth-order valence-corrected chi connectivity index (χ4v) is 2.91. The van der Waals surface area contributed by atoms with E-state index in [1.165, 1.54) is 7.11 Å². The summed E-state index contributed by atoms with van der Waals surface area (Å²) in [6, 6.07) is 12.8. The summed E-state index contributed by atoms with van der Waals surface area (Å²) in [5, 5.41) is 13.2. The number of Topliss-reactive ketones (excluding diaryl/α,β-unsaturated/α-hetero) is 1. The van der Waals surface area contributed by atoms with Gasteiger partial charge in [-0.25, -0.2) is 0 Å². The summed E-state index contributed by atoms with van der Waals surface area (Å²) in [6.45, 7) is 1.63. The highest BCUT2D eigenvalue weighted by Gasteiger charge is 2.25. The Morgan fingerprint density at radius 3 is 2.77 bits per heavy atom. The molecule has 1 heterocycles. The highest BCUT2D eigenvalue weighted by molar-refractivity contribution is 6.04. The van der Waals surface area contributed by atoms with E-state index in [9.17, 15) is 9.90 Å². The van der Waals surface area contributed by atoms with Crippen molar-refractivity contribution >= 4 is 5.78 Å². The van der Waals surface area contributed by atoms with Gasteiger partial charge >= 0.3 is 0 Å². The van der Waals surface area contributed by atoms with Gasteiger partial charge in [0, 0.05) is 18.0 Å². The van der Waals surface area contributed by atoms with E-state index in [0.717, 1.165) is 30.6 Å². The number of hydrogen-bond acceptors (Lipinski definition) is 4. The van der Waals surface area contributed by atoms with Gasteiger partial charge in [-0.05, 0) is 36.2 Å². The maximum atomic E-state index is 12.7. The van der Waals surface area contributed by atoms with Gasteiger partial charge in [0.1, 0.15) is 0 Å². The first kappa shape index (κ1) is 14.6. The molecule has 1 aliphatic heterocycles. The lowest BCUT2D eigenvalue weighted by molar-refractivity contribution is 0.0931. The average molecular weight is 297 g/mol. The van der Waals surface area contributed by atoms with Crippen molar-refractivity contribution in [1.82, 2.24) is 5.32 Å². The largest absolute Gasteiger partial charge is 0.504 e. The second-order valence-corrected chi connectivity index (χ2v) is 5.49. The molecule has 0 radical (unpaired) electrons. The summed E-state index contributed by atoms with van der Waals surface area (Å²) in [4.78, 5) is 12.7. The summed E-state index contributed by atoms with van der Waals surface area (Å²) in [5.41, 5.74) is 2.37. The number of phenolic OH excluding ortho intramolecular Hbond substituents is 1. The monoisotopic (exact) mass is 297 g/mol. The maximum absolute atomic E-state index is 12.7. The molecule has 2 N–H and O–H groups in total. The number of hydrogen-bond donors (Lipinski definition) is 2. The molecular formula is C18H19NO3. The Hall–Kier alpha value is -2.33. The zero-order valence-electron chi connectivity index (χ0n) is 12.5. The molecule has 4 heteroatoms. The summed E-state index contributed by atoms with van der Waals surface area (Å²) >= 11 is 0. The summed E-state index contributed by atoms with van der Waals surface area (Å²) < 4.78 is 5.07. The average Bonchev–Trinajstić information content (AvgIpc) is 3.08. The van der Waals surface area contributed by atoms with Gasteiger partial charge < -0.3 is 15.2 Å². The first-order chi connectivity index (χ1) is 10.7. The van der Waals surface area contributed by atoms with Gasteiger partial charge in [0.05, 0.1) is 7.11 Å². The van der Waals surface area contributed by atoms with Crippen molar-refractivity contribution in [2.75, 3.05) is 20.2 Å². The Balaban J connectivity index is 2.00. The molecule has 0 bridgehead atoms. The predicted octanol–water partition coefficient (Wildman–Crippen LogP) is 2.86. The van der Waals surface area contributed by atoms with Crippen LogP contribution >= 0.6 is 0 Å². The smallest absolute Gasteiger partial charge is 0.167 e. The van der Waals surface area contributed by atoms with Crippen molar-refractivity contribution in [1.29, 1.82) is 0 Å². The molecule has 2 aromatic rings. The van der Waals surface area contributed by atoms with Gasteiger partial charge in [0.2, 0.25) is 0 Å². The van der Waals surface area contributed by atoms with Crippen LogP contribution in [-0.4, -0.2) is 31.1 Å². The number of carbonyl (C=O) groups is 1. The van der Waals surface area contributed by atoms with E-state index in [2.05, 4.69) is 5.32 Å². The van der Waals surface area contributed by atoms with Crippen LogP contribution in [0, 0.1) is 5.92 Å². The number of aromatic hydroxyl groups is 1. The third kappa shape index (κ3) is 2.70. The van der Waals surface area contributed by atoms with Crippen LogP contribution in [0.5, 0.6) is 11.5 Å².